The van der Waals surface area contributed by atoms with Crippen molar-refractivity contribution in [1.82, 2.24) is 20.0 Å². The second-order valence-electron chi connectivity index (χ2n) is 10.9. The van der Waals surface area contributed by atoms with Crippen molar-refractivity contribution in [2.75, 3.05) is 37.6 Å². The Morgan fingerprint density at radius 3 is 2.43 bits per heavy atom. The summed E-state index contributed by atoms with van der Waals surface area (Å²) in [6, 6.07) is 6.42. The monoisotopic (exact) mass is 509 g/mol. The molecular formula is C28H39N5O4. The number of hydrogen-bond donors (Lipinski definition) is 1. The van der Waals surface area contributed by atoms with E-state index in [-0.39, 0.29) is 0 Å². The number of anilines is 1. The van der Waals surface area contributed by atoms with Gasteiger partial charge in [0.05, 0.1) is 11.1 Å². The average Bonchev–Trinajstić information content (AvgIpc) is 3.45. The maximum atomic E-state index is 13.2. The number of benzene rings is 1. The van der Waals surface area contributed by atoms with Crippen LogP contribution < -0.4 is 10.2 Å². The predicted molar refractivity (Wildman–Crippen MR) is 140 cm³/mol. The van der Waals surface area contributed by atoms with Crippen LogP contribution in [0.1, 0.15) is 79.5 Å². The number of nitrogens with zero attached hydrogens (tertiary/aromatic N) is 4. The molecule has 0 aromatic heterocycles. The van der Waals surface area contributed by atoms with Crippen LogP contribution in [0.2, 0.25) is 0 Å². The highest BCUT2D eigenvalue weighted by molar-refractivity contribution is 6.23. The van der Waals surface area contributed by atoms with Gasteiger partial charge < -0.3 is 4.90 Å². The Morgan fingerprint density at radius 1 is 1.03 bits per heavy atom. The average molecular weight is 510 g/mol. The molecule has 37 heavy (non-hydrogen) atoms. The second-order valence-corrected chi connectivity index (χ2v) is 10.9. The Labute approximate surface area is 219 Å². The van der Waals surface area contributed by atoms with Gasteiger partial charge in [-0.1, -0.05) is 20.3 Å². The fourth-order valence-corrected chi connectivity index (χ4v) is 6.79. The van der Waals surface area contributed by atoms with Crippen molar-refractivity contribution in [2.45, 2.75) is 83.0 Å². The van der Waals surface area contributed by atoms with E-state index in [9.17, 15) is 19.2 Å². The Kier molecular flexibility index (Phi) is 7.62. The molecule has 1 N–H and O–H groups in total. The number of fused-ring (bicyclic) bond motifs is 1. The predicted octanol–water partition coefficient (Wildman–Crippen LogP) is 2.25. The van der Waals surface area contributed by atoms with Crippen molar-refractivity contribution in [3.05, 3.63) is 29.3 Å². The van der Waals surface area contributed by atoms with E-state index in [1.807, 2.05) is 13.0 Å². The van der Waals surface area contributed by atoms with Crippen LogP contribution in [0.15, 0.2) is 18.2 Å². The minimum Gasteiger partial charge on any atom is -0.368 e. The van der Waals surface area contributed by atoms with E-state index in [0.29, 0.717) is 36.4 Å². The summed E-state index contributed by atoms with van der Waals surface area (Å²) in [5.74, 6) is -1.57. The zero-order chi connectivity index (χ0) is 26.1. The van der Waals surface area contributed by atoms with Gasteiger partial charge in [-0.3, -0.25) is 39.2 Å². The molecule has 5 rings (SSSR count). The summed E-state index contributed by atoms with van der Waals surface area (Å²) in [5, 5.41) is 2.10. The van der Waals surface area contributed by atoms with E-state index in [4.69, 9.17) is 0 Å². The number of amides is 4. The zero-order valence-corrected chi connectivity index (χ0v) is 22.0. The Morgan fingerprint density at radius 2 is 1.76 bits per heavy atom. The van der Waals surface area contributed by atoms with Gasteiger partial charge in [0, 0.05) is 50.0 Å². The van der Waals surface area contributed by atoms with E-state index in [1.54, 1.807) is 12.1 Å². The van der Waals surface area contributed by atoms with Gasteiger partial charge in [0.1, 0.15) is 6.04 Å². The molecule has 0 spiro atoms. The first kappa shape index (κ1) is 25.9. The molecule has 4 aliphatic rings. The Bertz CT molecular complexity index is 1050. The molecule has 9 nitrogen and oxygen atoms in total. The topological polar surface area (TPSA) is 93.3 Å². The quantitative estimate of drug-likeness (QED) is 0.403. The molecule has 200 valence electrons. The number of imide groups is 2. The summed E-state index contributed by atoms with van der Waals surface area (Å²) >= 11 is 0. The Balaban J connectivity index is 1.19. The van der Waals surface area contributed by atoms with Crippen molar-refractivity contribution in [1.29, 1.82) is 0 Å². The summed E-state index contributed by atoms with van der Waals surface area (Å²) in [5.41, 5.74) is 1.59. The van der Waals surface area contributed by atoms with Gasteiger partial charge in [0.2, 0.25) is 12.3 Å². The molecule has 1 unspecified atom stereocenters. The summed E-state index contributed by atoms with van der Waals surface area (Å²) in [6.45, 7) is 9.56. The Hall–Kier alpha value is -2.78. The number of likely N-dealkylation sites (tertiary alicyclic amines) is 2. The third-order valence-electron chi connectivity index (χ3n) is 8.89. The molecule has 1 aromatic rings. The van der Waals surface area contributed by atoms with Gasteiger partial charge in [-0.2, -0.15) is 0 Å². The molecule has 3 fully saturated rings. The fourth-order valence-electron chi connectivity index (χ4n) is 6.79. The number of nitrogens with one attached hydrogen (secondary N) is 1. The number of carbonyl (C=O) groups is 4. The zero-order valence-electron chi connectivity index (χ0n) is 22.0. The molecule has 4 aliphatic heterocycles. The fraction of sp³-hybridized carbons (Fsp3) is 0.643. The highest BCUT2D eigenvalue weighted by atomic mass is 16.2. The van der Waals surface area contributed by atoms with Crippen molar-refractivity contribution in [3.63, 3.8) is 0 Å². The molecule has 4 amide bonds. The van der Waals surface area contributed by atoms with E-state index in [1.165, 1.54) is 38.6 Å². The van der Waals surface area contributed by atoms with E-state index < -0.39 is 23.8 Å². The summed E-state index contributed by atoms with van der Waals surface area (Å²) in [7, 11) is 0. The third-order valence-corrected chi connectivity index (χ3v) is 8.89. The lowest BCUT2D eigenvalue weighted by atomic mass is 9.97. The van der Waals surface area contributed by atoms with Gasteiger partial charge in [-0.25, -0.2) is 0 Å². The first-order chi connectivity index (χ1) is 18.0. The number of carbonyl (C=O) groups excluding carboxylic acids is 4. The molecule has 0 bridgehead atoms. The SMILES string of the molecule is CCCC(C(=O)NC=O)N1C(=O)c2ccc(N3CC(N4CCC(N5CCC[C@H]5CC)CC4)C3)cc2C1=O. The van der Waals surface area contributed by atoms with Gasteiger partial charge in [-0.05, 0) is 63.3 Å². The van der Waals surface area contributed by atoms with Crippen molar-refractivity contribution in [3.8, 4) is 0 Å². The van der Waals surface area contributed by atoms with Crippen molar-refractivity contribution in [2.24, 2.45) is 0 Å². The van der Waals surface area contributed by atoms with Crippen LogP contribution in [-0.4, -0.2) is 95.7 Å². The van der Waals surface area contributed by atoms with Crippen LogP contribution in [0.4, 0.5) is 5.69 Å². The molecule has 1 aromatic carbocycles. The minimum absolute atomic E-state index is 0.290. The number of rotatable bonds is 9. The van der Waals surface area contributed by atoms with Crippen LogP contribution in [-0.2, 0) is 9.59 Å². The lowest BCUT2D eigenvalue weighted by Gasteiger charge is -2.49. The largest absolute Gasteiger partial charge is 0.368 e. The lowest BCUT2D eigenvalue weighted by Crippen LogP contribution is -2.62. The van der Waals surface area contributed by atoms with Crippen molar-refractivity contribution < 1.29 is 19.2 Å². The van der Waals surface area contributed by atoms with Gasteiger partial charge in [0.25, 0.3) is 11.8 Å². The summed E-state index contributed by atoms with van der Waals surface area (Å²) in [4.78, 5) is 58.1. The van der Waals surface area contributed by atoms with Crippen LogP contribution in [0.3, 0.4) is 0 Å². The standard InChI is InChI=1S/C28H39N5O4/c1-3-6-25(26(35)29-18-34)33-27(36)23-9-8-21(15-24(23)28(33)37)31-16-22(17-31)30-13-10-20(11-14-30)32-12-5-7-19(32)4-2/h8-9,15,18-20,22,25H,3-7,10-14,16-17H2,1-2H3,(H,29,34,35)/t19-,25?/m1/s1. The maximum absolute atomic E-state index is 13.2. The van der Waals surface area contributed by atoms with Gasteiger partial charge >= 0.3 is 0 Å². The third kappa shape index (κ3) is 4.79. The normalized spacial score (nSPS) is 24.3. The maximum Gasteiger partial charge on any atom is 0.262 e. The molecule has 0 aliphatic carbocycles. The smallest absolute Gasteiger partial charge is 0.262 e. The van der Waals surface area contributed by atoms with Crippen molar-refractivity contribution >= 4 is 29.8 Å². The molecule has 9 heteroatoms. The highest BCUT2D eigenvalue weighted by Gasteiger charge is 2.43. The van der Waals surface area contributed by atoms with E-state index >= 15 is 0 Å². The first-order valence-corrected chi connectivity index (χ1v) is 14.0. The second kappa shape index (κ2) is 10.9. The number of hydrogen-bond acceptors (Lipinski definition) is 7. The van der Waals surface area contributed by atoms with Crippen LogP contribution >= 0.6 is 0 Å². The molecule has 2 atom stereocenters. The summed E-state index contributed by atoms with van der Waals surface area (Å²) < 4.78 is 0. The molecule has 0 radical (unpaired) electrons. The van der Waals surface area contributed by atoms with Gasteiger partial charge in [-0.15, -0.1) is 0 Å². The lowest BCUT2D eigenvalue weighted by molar-refractivity contribution is -0.128. The number of piperidine rings is 1. The van der Waals surface area contributed by atoms with E-state index in [2.05, 4.69) is 26.9 Å². The van der Waals surface area contributed by atoms with Gasteiger partial charge in [0.15, 0.2) is 0 Å². The first-order valence-electron chi connectivity index (χ1n) is 14.0. The molecule has 4 heterocycles. The van der Waals surface area contributed by atoms with E-state index in [0.717, 1.165) is 48.9 Å². The molecule has 0 saturated carbocycles. The summed E-state index contributed by atoms with van der Waals surface area (Å²) in [6.07, 6.45) is 7.64. The van der Waals surface area contributed by atoms with Crippen LogP contribution in [0.25, 0.3) is 0 Å². The van der Waals surface area contributed by atoms with Crippen LogP contribution in [0, 0.1) is 0 Å². The molecular weight excluding hydrogens is 470 g/mol. The minimum atomic E-state index is -0.990. The highest BCUT2D eigenvalue weighted by Crippen LogP contribution is 2.34. The van der Waals surface area contributed by atoms with Crippen LogP contribution in [0.5, 0.6) is 0 Å². The molecule has 3 saturated heterocycles.